The van der Waals surface area contributed by atoms with E-state index in [4.69, 9.17) is 5.11 Å². The molecule has 126 valence electrons. The van der Waals surface area contributed by atoms with Crippen molar-refractivity contribution in [3.8, 4) is 0 Å². The first-order valence-corrected chi connectivity index (χ1v) is 7.15. The Kier molecular flexibility index (Phi) is 5.23. The van der Waals surface area contributed by atoms with E-state index in [1.165, 1.54) is 0 Å². The molecule has 1 amide bonds. The van der Waals surface area contributed by atoms with E-state index in [-0.39, 0.29) is 31.5 Å². The van der Waals surface area contributed by atoms with E-state index >= 15 is 0 Å². The van der Waals surface area contributed by atoms with Gasteiger partial charge in [0, 0.05) is 25.6 Å². The second-order valence-electron chi connectivity index (χ2n) is 5.54. The number of nitrogens with zero attached hydrogens (tertiary/aromatic N) is 1. The van der Waals surface area contributed by atoms with E-state index in [9.17, 15) is 27.2 Å². The standard InChI is InChI=1S/C15H15F4NO3/c16-9-6-10(17)14(19)12(13(9)18)15(23)20-5-1-2-8(7-20)3-4-11(21)22/h6,8H,1-5,7H2,(H,21,22). The monoisotopic (exact) mass is 333 g/mol. The molecule has 1 N–H and O–H groups in total. The van der Waals surface area contributed by atoms with Crippen LogP contribution in [-0.4, -0.2) is 35.0 Å². The third-order valence-electron chi connectivity index (χ3n) is 3.90. The third kappa shape index (κ3) is 3.80. The van der Waals surface area contributed by atoms with Gasteiger partial charge in [-0.1, -0.05) is 0 Å². The second-order valence-corrected chi connectivity index (χ2v) is 5.54. The molecule has 1 heterocycles. The molecule has 0 aromatic heterocycles. The summed E-state index contributed by atoms with van der Waals surface area (Å²) in [5.74, 6) is -8.94. The maximum absolute atomic E-state index is 13.7. The average Bonchev–Trinajstić information content (AvgIpc) is 2.51. The number of hydrogen-bond acceptors (Lipinski definition) is 2. The molecule has 2 rings (SSSR count). The van der Waals surface area contributed by atoms with E-state index in [2.05, 4.69) is 0 Å². The fourth-order valence-corrected chi connectivity index (χ4v) is 2.73. The summed E-state index contributed by atoms with van der Waals surface area (Å²) in [7, 11) is 0. The summed E-state index contributed by atoms with van der Waals surface area (Å²) in [6.45, 7) is 0.294. The first kappa shape index (κ1) is 17.2. The minimum Gasteiger partial charge on any atom is -0.481 e. The zero-order valence-electron chi connectivity index (χ0n) is 12.1. The Hall–Kier alpha value is -2.12. The number of likely N-dealkylation sites (tertiary alicyclic amines) is 1. The quantitative estimate of drug-likeness (QED) is 0.681. The molecule has 0 spiro atoms. The molecule has 1 aromatic carbocycles. The van der Waals surface area contributed by atoms with E-state index in [0.29, 0.717) is 19.3 Å². The van der Waals surface area contributed by atoms with Gasteiger partial charge in [0.2, 0.25) is 0 Å². The van der Waals surface area contributed by atoms with Crippen molar-refractivity contribution in [1.82, 2.24) is 4.90 Å². The fourth-order valence-electron chi connectivity index (χ4n) is 2.73. The number of benzene rings is 1. The number of carboxylic acid groups (broad SMARTS) is 1. The van der Waals surface area contributed by atoms with Crippen LogP contribution in [0.5, 0.6) is 0 Å². The summed E-state index contributed by atoms with van der Waals surface area (Å²) >= 11 is 0. The van der Waals surface area contributed by atoms with Crippen molar-refractivity contribution in [3.05, 3.63) is 34.9 Å². The molecule has 1 aliphatic heterocycles. The van der Waals surface area contributed by atoms with Gasteiger partial charge in [0.25, 0.3) is 5.91 Å². The van der Waals surface area contributed by atoms with Crippen LogP contribution >= 0.6 is 0 Å². The first-order chi connectivity index (χ1) is 10.8. The molecule has 1 unspecified atom stereocenters. The lowest BCUT2D eigenvalue weighted by Gasteiger charge is -2.32. The lowest BCUT2D eigenvalue weighted by molar-refractivity contribution is -0.137. The maximum Gasteiger partial charge on any atom is 0.303 e. The van der Waals surface area contributed by atoms with Crippen molar-refractivity contribution in [2.45, 2.75) is 25.7 Å². The van der Waals surface area contributed by atoms with Crippen molar-refractivity contribution >= 4 is 11.9 Å². The highest BCUT2D eigenvalue weighted by molar-refractivity contribution is 5.95. The van der Waals surface area contributed by atoms with Crippen molar-refractivity contribution in [1.29, 1.82) is 0 Å². The minimum absolute atomic E-state index is 0.0489. The van der Waals surface area contributed by atoms with Crippen LogP contribution in [0.1, 0.15) is 36.0 Å². The van der Waals surface area contributed by atoms with Gasteiger partial charge in [-0.15, -0.1) is 0 Å². The number of piperidine rings is 1. The van der Waals surface area contributed by atoms with Gasteiger partial charge in [0.05, 0.1) is 0 Å². The number of halogens is 4. The van der Waals surface area contributed by atoms with E-state index in [0.717, 1.165) is 4.90 Å². The summed E-state index contributed by atoms with van der Waals surface area (Å²) in [6.07, 6.45) is 1.45. The first-order valence-electron chi connectivity index (χ1n) is 7.15. The molecule has 1 saturated heterocycles. The van der Waals surface area contributed by atoms with Gasteiger partial charge >= 0.3 is 5.97 Å². The lowest BCUT2D eigenvalue weighted by atomic mass is 9.93. The van der Waals surface area contributed by atoms with Crippen molar-refractivity contribution in [3.63, 3.8) is 0 Å². The van der Waals surface area contributed by atoms with E-state index in [1.807, 2.05) is 0 Å². The van der Waals surface area contributed by atoms with Gasteiger partial charge in [-0.3, -0.25) is 9.59 Å². The van der Waals surface area contributed by atoms with Gasteiger partial charge in [0.15, 0.2) is 23.3 Å². The van der Waals surface area contributed by atoms with Gasteiger partial charge in [0.1, 0.15) is 5.56 Å². The van der Waals surface area contributed by atoms with E-state index in [1.54, 1.807) is 0 Å². The Bertz CT molecular complexity index is 609. The molecule has 23 heavy (non-hydrogen) atoms. The minimum atomic E-state index is -1.72. The molecule has 1 aliphatic rings. The van der Waals surface area contributed by atoms with Crippen LogP contribution in [-0.2, 0) is 4.79 Å². The predicted molar refractivity (Wildman–Crippen MR) is 71.8 cm³/mol. The van der Waals surface area contributed by atoms with Crippen LogP contribution in [0, 0.1) is 29.2 Å². The summed E-state index contributed by atoms with van der Waals surface area (Å²) in [5, 5.41) is 8.67. The van der Waals surface area contributed by atoms with Crippen LogP contribution in [0.3, 0.4) is 0 Å². The summed E-state index contributed by atoms with van der Waals surface area (Å²) in [5.41, 5.74) is -1.25. The molecule has 0 bridgehead atoms. The van der Waals surface area contributed by atoms with Crippen molar-refractivity contribution < 1.29 is 32.3 Å². The van der Waals surface area contributed by atoms with Gasteiger partial charge < -0.3 is 10.0 Å². The zero-order chi connectivity index (χ0) is 17.1. The summed E-state index contributed by atoms with van der Waals surface area (Å²) in [4.78, 5) is 23.9. The Labute approximate surface area is 129 Å². The molecular formula is C15H15F4NO3. The SMILES string of the molecule is O=C(O)CCC1CCCN(C(=O)c2c(F)c(F)cc(F)c2F)C1. The topological polar surface area (TPSA) is 57.6 Å². The number of aliphatic carboxylic acids is 1. The zero-order valence-corrected chi connectivity index (χ0v) is 12.1. The number of carbonyl (C=O) groups is 2. The van der Waals surface area contributed by atoms with Crippen LogP contribution in [0.15, 0.2) is 6.07 Å². The molecule has 1 aromatic rings. The third-order valence-corrected chi connectivity index (χ3v) is 3.90. The number of carboxylic acids is 1. The van der Waals surface area contributed by atoms with Gasteiger partial charge in [-0.2, -0.15) is 0 Å². The highest BCUT2D eigenvalue weighted by Crippen LogP contribution is 2.25. The van der Waals surface area contributed by atoms with Gasteiger partial charge in [-0.05, 0) is 25.2 Å². The Morgan fingerprint density at radius 2 is 1.78 bits per heavy atom. The molecule has 1 fully saturated rings. The van der Waals surface area contributed by atoms with E-state index < -0.39 is 40.7 Å². The summed E-state index contributed by atoms with van der Waals surface area (Å²) < 4.78 is 53.8. The largest absolute Gasteiger partial charge is 0.481 e. The number of carbonyl (C=O) groups excluding carboxylic acids is 1. The molecule has 0 radical (unpaired) electrons. The van der Waals surface area contributed by atoms with Crippen LogP contribution < -0.4 is 0 Å². The van der Waals surface area contributed by atoms with Crippen LogP contribution in [0.2, 0.25) is 0 Å². The summed E-state index contributed by atoms with van der Waals surface area (Å²) in [6, 6.07) is 0.0489. The molecule has 0 saturated carbocycles. The number of amides is 1. The normalized spacial score (nSPS) is 18.1. The Morgan fingerprint density at radius 1 is 1.17 bits per heavy atom. The van der Waals surface area contributed by atoms with Crippen LogP contribution in [0.25, 0.3) is 0 Å². The second kappa shape index (κ2) is 6.97. The Balaban J connectivity index is 2.19. The highest BCUT2D eigenvalue weighted by Gasteiger charge is 2.31. The Morgan fingerprint density at radius 3 is 2.35 bits per heavy atom. The molecule has 1 atom stereocenters. The fraction of sp³-hybridized carbons (Fsp3) is 0.467. The van der Waals surface area contributed by atoms with Crippen LogP contribution in [0.4, 0.5) is 17.6 Å². The van der Waals surface area contributed by atoms with Crippen molar-refractivity contribution in [2.24, 2.45) is 5.92 Å². The molecule has 8 heteroatoms. The number of hydrogen-bond donors (Lipinski definition) is 1. The predicted octanol–water partition coefficient (Wildman–Crippen LogP) is 2.96. The smallest absolute Gasteiger partial charge is 0.303 e. The maximum atomic E-state index is 13.7. The average molecular weight is 333 g/mol. The molecular weight excluding hydrogens is 318 g/mol. The highest BCUT2D eigenvalue weighted by atomic mass is 19.2. The van der Waals surface area contributed by atoms with Gasteiger partial charge in [-0.25, -0.2) is 17.6 Å². The molecule has 0 aliphatic carbocycles. The number of rotatable bonds is 4. The molecule has 4 nitrogen and oxygen atoms in total. The van der Waals surface area contributed by atoms with Crippen molar-refractivity contribution in [2.75, 3.05) is 13.1 Å². The lowest BCUT2D eigenvalue weighted by Crippen LogP contribution is -2.41.